The second-order valence-electron chi connectivity index (χ2n) is 7.19. The first-order valence-corrected chi connectivity index (χ1v) is 9.18. The number of likely N-dealkylation sites (N-methyl/N-ethyl adjacent to an activating group) is 1. The number of hydroxylamine groups is 2. The van der Waals surface area contributed by atoms with Gasteiger partial charge in [0.2, 0.25) is 0 Å². The van der Waals surface area contributed by atoms with Crippen molar-refractivity contribution in [2.75, 3.05) is 27.2 Å². The molecule has 3 aliphatic heterocycles. The number of carboxylic acid groups (broad SMARTS) is 1. The van der Waals surface area contributed by atoms with Gasteiger partial charge in [0.25, 0.3) is 5.91 Å². The van der Waals surface area contributed by atoms with Gasteiger partial charge in [0.1, 0.15) is 12.3 Å². The number of carbonyl (C=O) groups excluding carboxylic acids is 2. The molecule has 2 N–H and O–H groups in total. The van der Waals surface area contributed by atoms with Crippen LogP contribution in [0.15, 0.2) is 63.7 Å². The molecule has 0 aliphatic carbocycles. The van der Waals surface area contributed by atoms with Crippen molar-refractivity contribution >= 4 is 18.0 Å². The van der Waals surface area contributed by atoms with E-state index in [0.717, 1.165) is 10.6 Å². The highest BCUT2D eigenvalue weighted by Gasteiger charge is 2.64. The Balaban J connectivity index is 1.75. The monoisotopic (exact) mass is 412 g/mol. The van der Waals surface area contributed by atoms with Crippen LogP contribution in [-0.2, 0) is 16.2 Å². The van der Waals surface area contributed by atoms with Crippen LogP contribution < -0.4 is 5.32 Å². The van der Waals surface area contributed by atoms with Gasteiger partial charge in [0.15, 0.2) is 5.54 Å². The second kappa shape index (κ2) is 7.26. The molecule has 3 aliphatic rings. The summed E-state index contributed by atoms with van der Waals surface area (Å²) in [6, 6.07) is 8.68. The van der Waals surface area contributed by atoms with E-state index >= 15 is 0 Å². The number of amides is 4. The SMILES string of the molecule is CN(C)C(=O)C12CN(C(=O)N1OCc1ccccc1)C(CNC(=O)O)=C1N=NC=C12. The third kappa shape index (κ3) is 2.90. The van der Waals surface area contributed by atoms with Gasteiger partial charge in [-0.15, -0.1) is 5.11 Å². The number of carbonyl (C=O) groups is 3. The Bertz CT molecular complexity index is 1000. The number of hydrogen-bond acceptors (Lipinski definition) is 6. The zero-order valence-corrected chi connectivity index (χ0v) is 16.4. The molecule has 4 amide bonds. The van der Waals surface area contributed by atoms with E-state index in [9.17, 15) is 14.4 Å². The number of benzene rings is 1. The van der Waals surface area contributed by atoms with E-state index in [1.165, 1.54) is 16.0 Å². The molecule has 156 valence electrons. The van der Waals surface area contributed by atoms with E-state index in [0.29, 0.717) is 17.0 Å². The van der Waals surface area contributed by atoms with Gasteiger partial charge in [-0.2, -0.15) is 10.2 Å². The lowest BCUT2D eigenvalue weighted by molar-refractivity contribution is -0.180. The molecule has 0 spiro atoms. The molecule has 4 rings (SSSR count). The number of rotatable bonds is 6. The summed E-state index contributed by atoms with van der Waals surface area (Å²) in [5.74, 6) is -0.368. The van der Waals surface area contributed by atoms with Crippen LogP contribution in [-0.4, -0.2) is 70.7 Å². The molecule has 1 unspecified atom stereocenters. The third-order valence-electron chi connectivity index (χ3n) is 5.15. The molecule has 11 nitrogen and oxygen atoms in total. The molecule has 1 aromatic rings. The average Bonchev–Trinajstić information content (AvgIpc) is 3.31. The van der Waals surface area contributed by atoms with Crippen LogP contribution in [0.4, 0.5) is 9.59 Å². The van der Waals surface area contributed by atoms with Crippen molar-refractivity contribution in [2.24, 2.45) is 10.2 Å². The molecule has 0 saturated carbocycles. The van der Waals surface area contributed by atoms with Crippen molar-refractivity contribution in [3.05, 3.63) is 59.1 Å². The molecule has 1 atom stereocenters. The predicted octanol–water partition coefficient (Wildman–Crippen LogP) is 1.53. The summed E-state index contributed by atoms with van der Waals surface area (Å²) >= 11 is 0. The Morgan fingerprint density at radius 2 is 2.03 bits per heavy atom. The number of fused-ring (bicyclic) bond motifs is 4. The topological polar surface area (TPSA) is 127 Å². The number of hydrogen-bond donors (Lipinski definition) is 2. The molecule has 0 aromatic heterocycles. The summed E-state index contributed by atoms with van der Waals surface area (Å²) in [5.41, 5.74) is 0.372. The molecule has 30 heavy (non-hydrogen) atoms. The van der Waals surface area contributed by atoms with Gasteiger partial charge in [-0.3, -0.25) is 14.5 Å². The largest absolute Gasteiger partial charge is 0.465 e. The van der Waals surface area contributed by atoms with Crippen molar-refractivity contribution in [3.8, 4) is 0 Å². The van der Waals surface area contributed by atoms with E-state index in [-0.39, 0.29) is 25.6 Å². The summed E-state index contributed by atoms with van der Waals surface area (Å²) < 4.78 is 0. The van der Waals surface area contributed by atoms with Crippen LogP contribution in [0.3, 0.4) is 0 Å². The van der Waals surface area contributed by atoms with Crippen molar-refractivity contribution in [3.63, 3.8) is 0 Å². The molecule has 0 radical (unpaired) electrons. The fraction of sp³-hybridized carbons (Fsp3) is 0.316. The van der Waals surface area contributed by atoms with Gasteiger partial charge in [0.05, 0.1) is 25.0 Å². The smallest absolute Gasteiger partial charge is 0.404 e. The molecular formula is C19H20N6O5. The lowest BCUT2D eigenvalue weighted by Crippen LogP contribution is -2.59. The highest BCUT2D eigenvalue weighted by molar-refractivity contribution is 6.00. The molecule has 3 heterocycles. The molecular weight excluding hydrogens is 392 g/mol. The van der Waals surface area contributed by atoms with Crippen LogP contribution in [0.5, 0.6) is 0 Å². The normalized spacial score (nSPS) is 21.7. The fourth-order valence-corrected chi connectivity index (χ4v) is 3.80. The Kier molecular flexibility index (Phi) is 4.74. The van der Waals surface area contributed by atoms with Gasteiger partial charge in [-0.25, -0.2) is 9.59 Å². The third-order valence-corrected chi connectivity index (χ3v) is 5.15. The first-order valence-electron chi connectivity index (χ1n) is 9.18. The maximum absolute atomic E-state index is 13.3. The van der Waals surface area contributed by atoms with Gasteiger partial charge < -0.3 is 15.3 Å². The zero-order chi connectivity index (χ0) is 21.5. The summed E-state index contributed by atoms with van der Waals surface area (Å²) in [7, 11) is 3.18. The minimum Gasteiger partial charge on any atom is -0.465 e. The summed E-state index contributed by atoms with van der Waals surface area (Å²) in [6.45, 7) is -0.122. The van der Waals surface area contributed by atoms with Crippen molar-refractivity contribution < 1.29 is 24.3 Å². The van der Waals surface area contributed by atoms with Gasteiger partial charge in [-0.1, -0.05) is 30.3 Å². The van der Waals surface area contributed by atoms with Crippen molar-refractivity contribution in [1.29, 1.82) is 0 Å². The lowest BCUT2D eigenvalue weighted by Gasteiger charge is -2.38. The first-order chi connectivity index (χ1) is 14.4. The Morgan fingerprint density at radius 3 is 2.70 bits per heavy atom. The Labute approximate surface area is 171 Å². The van der Waals surface area contributed by atoms with Crippen LogP contribution in [0.1, 0.15) is 5.56 Å². The Morgan fingerprint density at radius 1 is 1.30 bits per heavy atom. The predicted molar refractivity (Wildman–Crippen MR) is 103 cm³/mol. The second-order valence-corrected chi connectivity index (χ2v) is 7.19. The quantitative estimate of drug-likeness (QED) is 0.732. The fourth-order valence-electron chi connectivity index (χ4n) is 3.80. The van der Waals surface area contributed by atoms with Gasteiger partial charge in [0, 0.05) is 19.7 Å². The van der Waals surface area contributed by atoms with Crippen LogP contribution in [0.2, 0.25) is 0 Å². The number of nitrogens with zero attached hydrogens (tertiary/aromatic N) is 5. The minimum atomic E-state index is -1.47. The maximum atomic E-state index is 13.3. The average molecular weight is 412 g/mol. The first kappa shape index (κ1) is 19.6. The van der Waals surface area contributed by atoms with Crippen LogP contribution in [0.25, 0.3) is 0 Å². The number of nitrogens with one attached hydrogen (secondary N) is 1. The standard InChI is InChI=1S/C19H20N6O5/c1-23(2)16(26)19-11-24(14(9-20-17(27)28)15-13(19)8-21-22-15)18(29)25(19)30-10-12-6-4-3-5-7-12/h3-8,20H,9-11H2,1-2H3,(H,27,28). The molecule has 11 heteroatoms. The summed E-state index contributed by atoms with van der Waals surface area (Å²) in [6.07, 6.45) is 0.181. The number of urea groups is 1. The van der Waals surface area contributed by atoms with Gasteiger partial charge in [-0.05, 0) is 5.56 Å². The van der Waals surface area contributed by atoms with E-state index in [1.54, 1.807) is 14.1 Å². The van der Waals surface area contributed by atoms with Gasteiger partial charge >= 0.3 is 12.1 Å². The summed E-state index contributed by atoms with van der Waals surface area (Å²) in [4.78, 5) is 46.2. The summed E-state index contributed by atoms with van der Waals surface area (Å²) in [5, 5.41) is 20.3. The van der Waals surface area contributed by atoms with E-state index in [1.807, 2.05) is 30.3 Å². The molecule has 1 saturated heterocycles. The van der Waals surface area contributed by atoms with Crippen molar-refractivity contribution in [2.45, 2.75) is 12.1 Å². The lowest BCUT2D eigenvalue weighted by atomic mass is 9.84. The number of azo groups is 1. The van der Waals surface area contributed by atoms with E-state index in [2.05, 4.69) is 15.5 Å². The highest BCUT2D eigenvalue weighted by atomic mass is 16.7. The zero-order valence-electron chi connectivity index (χ0n) is 16.4. The van der Waals surface area contributed by atoms with E-state index in [4.69, 9.17) is 9.94 Å². The highest BCUT2D eigenvalue weighted by Crippen LogP contribution is 2.47. The van der Waals surface area contributed by atoms with Crippen LogP contribution >= 0.6 is 0 Å². The maximum Gasteiger partial charge on any atom is 0.404 e. The molecule has 2 bridgehead atoms. The van der Waals surface area contributed by atoms with E-state index < -0.39 is 17.7 Å². The van der Waals surface area contributed by atoms with Crippen LogP contribution in [0, 0.1) is 0 Å². The molecule has 1 fully saturated rings. The minimum absolute atomic E-state index is 0.0331. The Hall–Kier alpha value is -3.73. The molecule has 1 aromatic carbocycles. The van der Waals surface area contributed by atoms with Crippen molar-refractivity contribution in [1.82, 2.24) is 20.2 Å².